The van der Waals surface area contributed by atoms with Crippen LogP contribution in [-0.4, -0.2) is 37.3 Å². The minimum atomic E-state index is -0.760. The summed E-state index contributed by atoms with van der Waals surface area (Å²) in [6.45, 7) is 1.47. The predicted molar refractivity (Wildman–Crippen MR) is 116 cm³/mol. The maximum Gasteiger partial charge on any atom is 0.338 e. The van der Waals surface area contributed by atoms with Crippen molar-refractivity contribution < 1.29 is 28.7 Å². The summed E-state index contributed by atoms with van der Waals surface area (Å²) in [6.07, 6.45) is 0. The number of amides is 2. The molecular formula is C25H19NO6. The van der Waals surface area contributed by atoms with Crippen molar-refractivity contribution in [1.82, 2.24) is 0 Å². The molecule has 4 rings (SSSR count). The van der Waals surface area contributed by atoms with Crippen LogP contribution < -0.4 is 9.64 Å². The van der Waals surface area contributed by atoms with Gasteiger partial charge < -0.3 is 9.47 Å². The van der Waals surface area contributed by atoms with Gasteiger partial charge in [-0.1, -0.05) is 42.0 Å². The molecule has 1 aliphatic rings. The Hall–Kier alpha value is -4.26. The molecule has 0 atom stereocenters. The van der Waals surface area contributed by atoms with Crippen LogP contribution in [0.3, 0.4) is 0 Å². The lowest BCUT2D eigenvalue weighted by Crippen LogP contribution is -2.29. The lowest BCUT2D eigenvalue weighted by atomic mass is 10.1. The lowest BCUT2D eigenvalue weighted by molar-refractivity contribution is 0.0474. The highest BCUT2D eigenvalue weighted by atomic mass is 16.5. The molecule has 0 bridgehead atoms. The highest BCUT2D eigenvalue weighted by Crippen LogP contribution is 2.34. The van der Waals surface area contributed by atoms with Crippen molar-refractivity contribution in [2.75, 3.05) is 18.6 Å². The number of methoxy groups -OCH3 is 1. The molecule has 3 aromatic rings. The third-order valence-electron chi connectivity index (χ3n) is 5.16. The number of benzene rings is 3. The van der Waals surface area contributed by atoms with Gasteiger partial charge in [0.25, 0.3) is 11.8 Å². The molecule has 0 N–H and O–H groups in total. The molecule has 0 saturated carbocycles. The number of esters is 1. The van der Waals surface area contributed by atoms with Gasteiger partial charge in [0.15, 0.2) is 12.4 Å². The molecule has 1 heterocycles. The Morgan fingerprint density at radius 3 is 2.22 bits per heavy atom. The van der Waals surface area contributed by atoms with Gasteiger partial charge in [-0.2, -0.15) is 0 Å². The quantitative estimate of drug-likeness (QED) is 0.336. The van der Waals surface area contributed by atoms with E-state index in [9.17, 15) is 19.2 Å². The van der Waals surface area contributed by atoms with E-state index >= 15 is 0 Å². The highest BCUT2D eigenvalue weighted by Gasteiger charge is 2.38. The fourth-order valence-corrected chi connectivity index (χ4v) is 3.44. The van der Waals surface area contributed by atoms with Crippen molar-refractivity contribution in [3.8, 4) is 5.75 Å². The van der Waals surface area contributed by atoms with E-state index in [0.29, 0.717) is 17.0 Å². The highest BCUT2D eigenvalue weighted by molar-refractivity contribution is 6.35. The number of aryl methyl sites for hydroxylation is 1. The molecule has 0 unspecified atom stereocenters. The average Bonchev–Trinajstić information content (AvgIpc) is 3.06. The zero-order valence-electron chi connectivity index (χ0n) is 17.5. The number of carbonyl (C=O) groups is 4. The molecule has 3 aromatic carbocycles. The Morgan fingerprint density at radius 2 is 1.50 bits per heavy atom. The summed E-state index contributed by atoms with van der Waals surface area (Å²) in [7, 11) is 1.45. The second-order valence-corrected chi connectivity index (χ2v) is 7.24. The summed E-state index contributed by atoms with van der Waals surface area (Å²) >= 11 is 0. The molecule has 2 amide bonds. The first-order valence-electron chi connectivity index (χ1n) is 9.83. The molecule has 1 aliphatic heterocycles. The minimum Gasteiger partial charge on any atom is -0.495 e. The largest absolute Gasteiger partial charge is 0.495 e. The molecule has 0 radical (unpaired) electrons. The van der Waals surface area contributed by atoms with Crippen LogP contribution in [-0.2, 0) is 4.74 Å². The third kappa shape index (κ3) is 3.76. The van der Waals surface area contributed by atoms with Crippen LogP contribution in [0.2, 0.25) is 0 Å². The van der Waals surface area contributed by atoms with Crippen LogP contribution in [0.25, 0.3) is 0 Å². The van der Waals surface area contributed by atoms with E-state index < -0.39 is 24.4 Å². The van der Waals surface area contributed by atoms with Crippen molar-refractivity contribution in [2.45, 2.75) is 6.92 Å². The van der Waals surface area contributed by atoms with Gasteiger partial charge in [0.2, 0.25) is 0 Å². The molecule has 7 heteroatoms. The second kappa shape index (κ2) is 8.47. The smallest absolute Gasteiger partial charge is 0.338 e. The molecular weight excluding hydrogens is 410 g/mol. The van der Waals surface area contributed by atoms with Gasteiger partial charge in [-0.05, 0) is 37.3 Å². The summed E-state index contributed by atoms with van der Waals surface area (Å²) in [5.41, 5.74) is 2.09. The van der Waals surface area contributed by atoms with Gasteiger partial charge in [0.05, 0.1) is 29.5 Å². The molecule has 7 nitrogen and oxygen atoms in total. The zero-order chi connectivity index (χ0) is 22.8. The third-order valence-corrected chi connectivity index (χ3v) is 5.16. The number of hydrogen-bond donors (Lipinski definition) is 0. The number of anilines is 1. The Bertz CT molecular complexity index is 1250. The molecule has 160 valence electrons. The summed E-state index contributed by atoms with van der Waals surface area (Å²) < 4.78 is 10.4. The lowest BCUT2D eigenvalue weighted by Gasteiger charge is -2.16. The SMILES string of the molecule is COc1ccccc1N1C(=O)c2ccc(C(=O)OCC(=O)c3ccc(C)cc3)cc2C1=O. The van der Waals surface area contributed by atoms with Crippen LogP contribution >= 0.6 is 0 Å². The van der Waals surface area contributed by atoms with E-state index in [0.717, 1.165) is 10.5 Å². The van der Waals surface area contributed by atoms with E-state index in [1.54, 1.807) is 48.5 Å². The predicted octanol–water partition coefficient (Wildman–Crippen LogP) is 3.84. The molecule has 0 aromatic heterocycles. The van der Waals surface area contributed by atoms with Crippen LogP contribution in [0, 0.1) is 6.92 Å². The molecule has 0 fully saturated rings. The summed E-state index contributed by atoms with van der Waals surface area (Å²) in [6, 6.07) is 17.7. The van der Waals surface area contributed by atoms with Gasteiger partial charge in [-0.3, -0.25) is 14.4 Å². The summed E-state index contributed by atoms with van der Waals surface area (Å²) in [5, 5.41) is 0. The van der Waals surface area contributed by atoms with Gasteiger partial charge in [0, 0.05) is 5.56 Å². The van der Waals surface area contributed by atoms with Gasteiger partial charge in [-0.25, -0.2) is 9.69 Å². The maximum atomic E-state index is 13.0. The number of imide groups is 1. The Labute approximate surface area is 184 Å². The normalized spacial score (nSPS) is 12.5. The van der Waals surface area contributed by atoms with Crippen LogP contribution in [0.5, 0.6) is 5.75 Å². The van der Waals surface area contributed by atoms with E-state index in [-0.39, 0.29) is 22.5 Å². The Balaban J connectivity index is 1.52. The number of Topliss-reactive ketones (excluding diaryl/α,β-unsaturated/α-hetero) is 1. The minimum absolute atomic E-state index is 0.0727. The first kappa shape index (κ1) is 21.0. The number of hydrogen-bond acceptors (Lipinski definition) is 6. The number of para-hydroxylation sites is 2. The molecule has 32 heavy (non-hydrogen) atoms. The maximum absolute atomic E-state index is 13.0. The average molecular weight is 429 g/mol. The summed E-state index contributed by atoms with van der Waals surface area (Å²) in [5.74, 6) is -1.81. The van der Waals surface area contributed by atoms with Crippen molar-refractivity contribution >= 4 is 29.3 Å². The van der Waals surface area contributed by atoms with E-state index in [2.05, 4.69) is 0 Å². The van der Waals surface area contributed by atoms with Crippen LogP contribution in [0.4, 0.5) is 5.69 Å². The number of ether oxygens (including phenoxy) is 2. The number of nitrogens with zero attached hydrogens (tertiary/aromatic N) is 1. The van der Waals surface area contributed by atoms with Gasteiger partial charge >= 0.3 is 5.97 Å². The number of rotatable bonds is 6. The number of ketones is 1. The molecule has 0 aliphatic carbocycles. The van der Waals surface area contributed by atoms with Crippen molar-refractivity contribution in [1.29, 1.82) is 0 Å². The molecule has 0 saturated heterocycles. The van der Waals surface area contributed by atoms with E-state index in [1.165, 1.54) is 25.3 Å². The monoisotopic (exact) mass is 429 g/mol. The fourth-order valence-electron chi connectivity index (χ4n) is 3.44. The second-order valence-electron chi connectivity index (χ2n) is 7.24. The van der Waals surface area contributed by atoms with Gasteiger partial charge in [-0.15, -0.1) is 0 Å². The van der Waals surface area contributed by atoms with Crippen LogP contribution in [0.15, 0.2) is 66.7 Å². The van der Waals surface area contributed by atoms with Crippen molar-refractivity contribution in [3.63, 3.8) is 0 Å². The standard InChI is InChI=1S/C25H19NO6/c1-15-7-9-16(10-8-15)21(27)14-32-25(30)17-11-12-18-19(13-17)24(29)26(23(18)28)20-5-3-4-6-22(20)31-2/h3-13H,14H2,1-2H3. The summed E-state index contributed by atoms with van der Waals surface area (Å²) in [4.78, 5) is 51.5. The Morgan fingerprint density at radius 1 is 0.844 bits per heavy atom. The fraction of sp³-hybridized carbons (Fsp3) is 0.120. The number of carbonyl (C=O) groups excluding carboxylic acids is 4. The van der Waals surface area contributed by atoms with Crippen molar-refractivity contribution in [3.05, 3.63) is 94.5 Å². The first-order chi connectivity index (χ1) is 15.4. The number of fused-ring (bicyclic) bond motifs is 1. The first-order valence-corrected chi connectivity index (χ1v) is 9.83. The van der Waals surface area contributed by atoms with Crippen LogP contribution in [0.1, 0.15) is 47.0 Å². The van der Waals surface area contributed by atoms with Crippen molar-refractivity contribution in [2.24, 2.45) is 0 Å². The van der Waals surface area contributed by atoms with Gasteiger partial charge in [0.1, 0.15) is 5.75 Å². The zero-order valence-corrected chi connectivity index (χ0v) is 17.5. The molecule has 0 spiro atoms. The van der Waals surface area contributed by atoms with E-state index in [4.69, 9.17) is 9.47 Å². The topological polar surface area (TPSA) is 90.0 Å². The van der Waals surface area contributed by atoms with E-state index in [1.807, 2.05) is 6.92 Å². The Kier molecular flexibility index (Phi) is 5.55.